The molecule has 6 unspecified atom stereocenters. The lowest BCUT2D eigenvalue weighted by molar-refractivity contribution is -0.124. The maximum Gasteiger partial charge on any atom is 0.149 e. The molecule has 2 saturated heterocycles. The van der Waals surface area contributed by atoms with Crippen molar-refractivity contribution in [2.75, 3.05) is 0 Å². The number of halogens is 1. The van der Waals surface area contributed by atoms with Crippen molar-refractivity contribution in [1.29, 1.82) is 0 Å². The van der Waals surface area contributed by atoms with Crippen LogP contribution < -0.4 is 4.74 Å². The second kappa shape index (κ2) is 6.93. The zero-order valence-corrected chi connectivity index (χ0v) is 18.4. The summed E-state index contributed by atoms with van der Waals surface area (Å²) in [4.78, 5) is 13.3. The summed E-state index contributed by atoms with van der Waals surface area (Å²) in [6, 6.07) is 9.87. The zero-order chi connectivity index (χ0) is 20.4. The fourth-order valence-corrected chi connectivity index (χ4v) is 6.25. The topological polar surface area (TPSA) is 55.8 Å². The van der Waals surface area contributed by atoms with Crippen LogP contribution in [0.15, 0.2) is 34.8 Å². The van der Waals surface area contributed by atoms with E-state index in [-0.39, 0.29) is 29.8 Å². The first-order valence-corrected chi connectivity index (χ1v) is 11.1. The molecule has 4 nitrogen and oxygen atoms in total. The molecule has 3 aliphatic rings. The van der Waals surface area contributed by atoms with E-state index in [1.54, 1.807) is 0 Å². The van der Waals surface area contributed by atoms with Crippen LogP contribution in [0.2, 0.25) is 0 Å². The molecule has 1 saturated carbocycles. The van der Waals surface area contributed by atoms with Gasteiger partial charge in [0.25, 0.3) is 0 Å². The van der Waals surface area contributed by atoms with E-state index in [0.717, 1.165) is 51.1 Å². The van der Waals surface area contributed by atoms with E-state index in [1.165, 1.54) is 0 Å². The predicted molar refractivity (Wildman–Crippen MR) is 113 cm³/mol. The Morgan fingerprint density at radius 1 is 1.03 bits per heavy atom. The minimum absolute atomic E-state index is 0.000693. The molecule has 2 aromatic rings. The number of hydrogen-bond acceptors (Lipinski definition) is 4. The average Bonchev–Trinajstić information content (AvgIpc) is 3.33. The van der Waals surface area contributed by atoms with Crippen LogP contribution in [-0.4, -0.2) is 29.2 Å². The molecule has 3 fully saturated rings. The molecule has 0 amide bonds. The standard InChI is InChI=1S/C24H25BrO4/c1-11-8-14(25)4-5-16(11)28-15-9-12(2)19(13(3)10-15)22-23(26)20-17-6-7-18(29-17)21(20)24(22)27/h4-5,8-10,17-18,20-23,26H,6-7H2,1-3H3. The number of fused-ring (bicyclic) bond motifs is 5. The first-order valence-electron chi connectivity index (χ1n) is 10.3. The maximum atomic E-state index is 13.3. The van der Waals surface area contributed by atoms with Gasteiger partial charge in [-0.15, -0.1) is 0 Å². The van der Waals surface area contributed by atoms with E-state index in [4.69, 9.17) is 9.47 Å². The van der Waals surface area contributed by atoms with Gasteiger partial charge < -0.3 is 14.6 Å². The SMILES string of the molecule is Cc1cc(Br)ccc1Oc1cc(C)c(C2C(=O)C3C4CCC(O4)C3C2O)c(C)c1. The summed E-state index contributed by atoms with van der Waals surface area (Å²) in [6.07, 6.45) is 1.27. The number of ether oxygens (including phenoxy) is 2. The number of Topliss-reactive ketones (excluding diaryl/α,β-unsaturated/α-hetero) is 1. The smallest absolute Gasteiger partial charge is 0.149 e. The van der Waals surface area contributed by atoms with Crippen molar-refractivity contribution in [2.24, 2.45) is 11.8 Å². The molecule has 29 heavy (non-hydrogen) atoms. The van der Waals surface area contributed by atoms with Gasteiger partial charge in [-0.25, -0.2) is 0 Å². The zero-order valence-electron chi connectivity index (χ0n) is 16.8. The number of benzene rings is 2. The Labute approximate surface area is 179 Å². The molecule has 2 aromatic carbocycles. The Balaban J connectivity index is 1.47. The third-order valence-electron chi connectivity index (χ3n) is 6.94. The van der Waals surface area contributed by atoms with E-state index < -0.39 is 12.0 Å². The molecule has 0 radical (unpaired) electrons. The van der Waals surface area contributed by atoms with Gasteiger partial charge in [0.15, 0.2) is 0 Å². The molecule has 5 heteroatoms. The highest BCUT2D eigenvalue weighted by atomic mass is 79.9. The van der Waals surface area contributed by atoms with Gasteiger partial charge in [-0.2, -0.15) is 0 Å². The minimum Gasteiger partial charge on any atom is -0.457 e. The second-order valence-electron chi connectivity index (χ2n) is 8.75. The normalized spacial score (nSPS) is 32.7. The summed E-state index contributed by atoms with van der Waals surface area (Å²) in [6.45, 7) is 6.02. The van der Waals surface area contributed by atoms with Crippen LogP contribution in [0.1, 0.15) is 41.0 Å². The van der Waals surface area contributed by atoms with Crippen LogP contribution in [0.4, 0.5) is 0 Å². The van der Waals surface area contributed by atoms with Crippen molar-refractivity contribution in [3.05, 3.63) is 57.1 Å². The van der Waals surface area contributed by atoms with Crippen molar-refractivity contribution in [2.45, 2.75) is 57.8 Å². The number of hydrogen-bond donors (Lipinski definition) is 1. The van der Waals surface area contributed by atoms with Crippen molar-refractivity contribution in [3.8, 4) is 11.5 Å². The predicted octanol–water partition coefficient (Wildman–Crippen LogP) is 4.99. The quantitative estimate of drug-likeness (QED) is 0.706. The van der Waals surface area contributed by atoms with E-state index in [9.17, 15) is 9.90 Å². The first kappa shape index (κ1) is 19.3. The third kappa shape index (κ3) is 2.97. The van der Waals surface area contributed by atoms with Gasteiger partial charge in [-0.05, 0) is 86.2 Å². The van der Waals surface area contributed by atoms with E-state index in [0.29, 0.717) is 0 Å². The second-order valence-corrected chi connectivity index (χ2v) is 9.66. The fraction of sp³-hybridized carbons (Fsp3) is 0.458. The van der Waals surface area contributed by atoms with Crippen LogP contribution in [-0.2, 0) is 9.53 Å². The van der Waals surface area contributed by atoms with E-state index >= 15 is 0 Å². The number of aryl methyl sites for hydroxylation is 3. The molecule has 152 valence electrons. The van der Waals surface area contributed by atoms with Gasteiger partial charge in [0.05, 0.1) is 30.1 Å². The van der Waals surface area contributed by atoms with Crippen LogP contribution in [0, 0.1) is 32.6 Å². The number of carbonyl (C=O) groups is 1. The number of rotatable bonds is 3. The summed E-state index contributed by atoms with van der Waals surface area (Å²) < 4.78 is 13.1. The van der Waals surface area contributed by atoms with Gasteiger partial charge in [0.2, 0.25) is 0 Å². The van der Waals surface area contributed by atoms with Crippen molar-refractivity contribution in [3.63, 3.8) is 0 Å². The summed E-state index contributed by atoms with van der Waals surface area (Å²) in [5.41, 5.74) is 3.97. The van der Waals surface area contributed by atoms with Gasteiger partial charge in [0, 0.05) is 10.4 Å². The molecule has 2 bridgehead atoms. The van der Waals surface area contributed by atoms with Crippen LogP contribution >= 0.6 is 15.9 Å². The lowest BCUT2D eigenvalue weighted by Crippen LogP contribution is -2.31. The van der Waals surface area contributed by atoms with Crippen molar-refractivity contribution in [1.82, 2.24) is 0 Å². The average molecular weight is 457 g/mol. The molecule has 1 aliphatic carbocycles. The third-order valence-corrected chi connectivity index (χ3v) is 7.44. The Hall–Kier alpha value is -1.69. The van der Waals surface area contributed by atoms with Crippen molar-refractivity contribution >= 4 is 21.7 Å². The maximum absolute atomic E-state index is 13.3. The van der Waals surface area contributed by atoms with Gasteiger partial charge in [-0.3, -0.25) is 4.79 Å². The fourth-order valence-electron chi connectivity index (χ4n) is 5.77. The highest BCUT2D eigenvalue weighted by Crippen LogP contribution is 2.55. The highest BCUT2D eigenvalue weighted by Gasteiger charge is 2.62. The minimum atomic E-state index is -0.666. The Kier molecular flexibility index (Phi) is 4.61. The number of aliphatic hydroxyl groups excluding tert-OH is 1. The molecular formula is C24H25BrO4. The van der Waals surface area contributed by atoms with E-state index in [2.05, 4.69) is 15.9 Å². The molecule has 5 rings (SSSR count). The molecule has 6 atom stereocenters. The van der Waals surface area contributed by atoms with E-state index in [1.807, 2.05) is 51.1 Å². The number of carbonyl (C=O) groups excluding carboxylic acids is 1. The van der Waals surface area contributed by atoms with Crippen molar-refractivity contribution < 1.29 is 19.4 Å². The summed E-state index contributed by atoms with van der Waals surface area (Å²) in [7, 11) is 0. The molecule has 0 spiro atoms. The van der Waals surface area contributed by atoms with Crippen LogP contribution in [0.3, 0.4) is 0 Å². The molecule has 1 N–H and O–H groups in total. The summed E-state index contributed by atoms with van der Waals surface area (Å²) >= 11 is 3.48. The molecule has 2 aliphatic heterocycles. The lowest BCUT2D eigenvalue weighted by Gasteiger charge is -2.24. The molecular weight excluding hydrogens is 432 g/mol. The van der Waals surface area contributed by atoms with Gasteiger partial charge in [0.1, 0.15) is 17.3 Å². The summed E-state index contributed by atoms with van der Waals surface area (Å²) in [5.74, 6) is 1.05. The molecule has 2 heterocycles. The Bertz CT molecular complexity index is 977. The summed E-state index contributed by atoms with van der Waals surface area (Å²) in [5, 5.41) is 11.1. The Morgan fingerprint density at radius 2 is 1.72 bits per heavy atom. The highest BCUT2D eigenvalue weighted by molar-refractivity contribution is 9.10. The van der Waals surface area contributed by atoms with Crippen LogP contribution in [0.5, 0.6) is 11.5 Å². The molecule has 0 aromatic heterocycles. The number of ketones is 1. The number of aliphatic hydroxyl groups is 1. The Morgan fingerprint density at radius 3 is 2.38 bits per heavy atom. The monoisotopic (exact) mass is 456 g/mol. The first-order chi connectivity index (χ1) is 13.8. The van der Waals surface area contributed by atoms with Gasteiger partial charge >= 0.3 is 0 Å². The largest absolute Gasteiger partial charge is 0.457 e. The van der Waals surface area contributed by atoms with Gasteiger partial charge in [-0.1, -0.05) is 15.9 Å². The van der Waals surface area contributed by atoms with Crippen LogP contribution in [0.25, 0.3) is 0 Å². The lowest BCUT2D eigenvalue weighted by atomic mass is 9.81.